The minimum atomic E-state index is -0.193. The van der Waals surface area contributed by atoms with Crippen LogP contribution in [0.2, 0.25) is 0 Å². The minimum Gasteiger partial charge on any atom is -0.345 e. The first-order valence-corrected chi connectivity index (χ1v) is 8.79. The van der Waals surface area contributed by atoms with Gasteiger partial charge in [0.1, 0.15) is 5.82 Å². The van der Waals surface area contributed by atoms with Crippen LogP contribution in [0.3, 0.4) is 0 Å². The van der Waals surface area contributed by atoms with Crippen LogP contribution in [0.15, 0.2) is 35.8 Å². The van der Waals surface area contributed by atoms with Crippen molar-refractivity contribution >= 4 is 22.4 Å². The first-order valence-electron chi connectivity index (χ1n) is 7.91. The number of hydrogen-bond acceptors (Lipinski definition) is 4. The molecule has 0 N–H and O–H groups in total. The number of aromatic nitrogens is 1. The van der Waals surface area contributed by atoms with E-state index in [1.54, 1.807) is 29.7 Å². The van der Waals surface area contributed by atoms with Crippen molar-refractivity contribution in [1.82, 2.24) is 9.88 Å². The highest BCUT2D eigenvalue weighted by Crippen LogP contribution is 2.49. The van der Waals surface area contributed by atoms with Crippen LogP contribution in [0.4, 0.5) is 9.52 Å². The highest BCUT2D eigenvalue weighted by Gasteiger charge is 2.47. The largest absolute Gasteiger partial charge is 0.345 e. The highest BCUT2D eigenvalue weighted by molar-refractivity contribution is 7.13. The molecule has 0 radical (unpaired) electrons. The molecule has 120 valence electrons. The molecule has 1 saturated carbocycles. The van der Waals surface area contributed by atoms with Crippen LogP contribution in [-0.4, -0.2) is 42.0 Å². The third kappa shape index (κ3) is 2.83. The van der Waals surface area contributed by atoms with E-state index in [-0.39, 0.29) is 23.6 Å². The Morgan fingerprint density at radius 1 is 1.22 bits per heavy atom. The van der Waals surface area contributed by atoms with Crippen molar-refractivity contribution in [3.8, 4) is 0 Å². The average Bonchev–Trinajstić information content (AvgIpc) is 3.18. The quantitative estimate of drug-likeness (QED) is 0.868. The van der Waals surface area contributed by atoms with Crippen molar-refractivity contribution < 1.29 is 9.18 Å². The summed E-state index contributed by atoms with van der Waals surface area (Å²) in [6, 6.07) is 6.80. The van der Waals surface area contributed by atoms with E-state index < -0.39 is 0 Å². The predicted octanol–water partition coefficient (Wildman–Crippen LogP) is 2.73. The Hall–Kier alpha value is -1.95. The smallest absolute Gasteiger partial charge is 0.226 e. The fraction of sp³-hybridized carbons (Fsp3) is 0.412. The van der Waals surface area contributed by atoms with Gasteiger partial charge in [0.25, 0.3) is 0 Å². The summed E-state index contributed by atoms with van der Waals surface area (Å²) in [5.74, 6) is -0.00237. The third-order valence-electron chi connectivity index (χ3n) is 4.69. The predicted molar refractivity (Wildman–Crippen MR) is 88.2 cm³/mol. The number of amides is 1. The van der Waals surface area contributed by atoms with Crippen LogP contribution in [0, 0.1) is 11.7 Å². The molecule has 2 fully saturated rings. The Morgan fingerprint density at radius 3 is 2.70 bits per heavy atom. The number of rotatable bonds is 3. The lowest BCUT2D eigenvalue weighted by atomic mass is 10.1. The third-order valence-corrected chi connectivity index (χ3v) is 5.53. The summed E-state index contributed by atoms with van der Waals surface area (Å²) in [5.41, 5.74) is 0.687. The monoisotopic (exact) mass is 331 g/mol. The van der Waals surface area contributed by atoms with E-state index in [0.717, 1.165) is 37.7 Å². The summed E-state index contributed by atoms with van der Waals surface area (Å²) in [5, 5.41) is 2.99. The molecule has 4 rings (SSSR count). The number of carbonyl (C=O) groups is 1. The number of carbonyl (C=O) groups excluding carboxylic acids is 1. The molecule has 2 aliphatic rings. The number of hydrogen-bond donors (Lipinski definition) is 0. The van der Waals surface area contributed by atoms with Crippen LogP contribution in [0.25, 0.3) is 0 Å². The first kappa shape index (κ1) is 14.6. The van der Waals surface area contributed by atoms with Crippen LogP contribution in [0.5, 0.6) is 0 Å². The van der Waals surface area contributed by atoms with Gasteiger partial charge in [-0.25, -0.2) is 9.37 Å². The summed E-state index contributed by atoms with van der Waals surface area (Å²) in [7, 11) is 0. The molecular formula is C17H18FN3OS. The maximum Gasteiger partial charge on any atom is 0.226 e. The molecule has 1 aliphatic carbocycles. The lowest BCUT2D eigenvalue weighted by Crippen LogP contribution is -2.49. The van der Waals surface area contributed by atoms with Gasteiger partial charge in [-0.2, -0.15) is 0 Å². The summed E-state index contributed by atoms with van der Waals surface area (Å²) in [6.45, 7) is 3.07. The van der Waals surface area contributed by atoms with Crippen LogP contribution in [0.1, 0.15) is 17.9 Å². The molecule has 0 spiro atoms. The van der Waals surface area contributed by atoms with Gasteiger partial charge in [-0.1, -0.05) is 18.2 Å². The highest BCUT2D eigenvalue weighted by atomic mass is 32.1. The second-order valence-corrected chi connectivity index (χ2v) is 6.97. The normalized spacial score (nSPS) is 23.9. The van der Waals surface area contributed by atoms with Crippen molar-refractivity contribution in [2.45, 2.75) is 12.3 Å². The lowest BCUT2D eigenvalue weighted by Gasteiger charge is -2.34. The van der Waals surface area contributed by atoms with E-state index in [9.17, 15) is 9.18 Å². The lowest BCUT2D eigenvalue weighted by molar-refractivity contribution is -0.132. The average molecular weight is 331 g/mol. The molecule has 1 saturated heterocycles. The van der Waals surface area contributed by atoms with Gasteiger partial charge in [0.15, 0.2) is 5.13 Å². The Labute approximate surface area is 138 Å². The molecule has 0 bridgehead atoms. The molecule has 2 aromatic rings. The van der Waals surface area contributed by atoms with Gasteiger partial charge < -0.3 is 9.80 Å². The second-order valence-electron chi connectivity index (χ2n) is 6.10. The number of piperazine rings is 1. The van der Waals surface area contributed by atoms with Gasteiger partial charge in [0.2, 0.25) is 5.91 Å². The Kier molecular flexibility index (Phi) is 3.77. The Morgan fingerprint density at radius 2 is 2.00 bits per heavy atom. The van der Waals surface area contributed by atoms with Crippen molar-refractivity contribution in [2.24, 2.45) is 5.92 Å². The van der Waals surface area contributed by atoms with Gasteiger partial charge >= 0.3 is 0 Å². The van der Waals surface area contributed by atoms with Gasteiger partial charge in [0, 0.05) is 43.7 Å². The fourth-order valence-corrected chi connectivity index (χ4v) is 4.01. The second kappa shape index (κ2) is 5.92. The van der Waals surface area contributed by atoms with Crippen LogP contribution >= 0.6 is 11.3 Å². The van der Waals surface area contributed by atoms with E-state index in [4.69, 9.17) is 0 Å². The van der Waals surface area contributed by atoms with Crippen molar-refractivity contribution in [3.05, 3.63) is 47.2 Å². The molecule has 1 aromatic heterocycles. The summed E-state index contributed by atoms with van der Waals surface area (Å²) >= 11 is 1.63. The first-order chi connectivity index (χ1) is 11.2. The SMILES string of the molecule is O=C(C1CC1c1ccccc1F)N1CCN(c2nccs2)CC1. The standard InChI is InChI=1S/C17H18FN3OS/c18-15-4-2-1-3-12(15)13-11-14(13)16(22)20-6-8-21(9-7-20)17-19-5-10-23-17/h1-5,10,13-14H,6-9,11H2. The number of nitrogens with zero attached hydrogens (tertiary/aromatic N) is 3. The van der Waals surface area contributed by atoms with Gasteiger partial charge in [0.05, 0.1) is 0 Å². The maximum absolute atomic E-state index is 13.8. The summed E-state index contributed by atoms with van der Waals surface area (Å²) in [6.07, 6.45) is 2.58. The van der Waals surface area contributed by atoms with E-state index in [1.807, 2.05) is 16.3 Å². The molecule has 23 heavy (non-hydrogen) atoms. The maximum atomic E-state index is 13.8. The van der Waals surface area contributed by atoms with E-state index in [0.29, 0.717) is 5.56 Å². The van der Waals surface area contributed by atoms with E-state index >= 15 is 0 Å². The number of thiazole rings is 1. The number of anilines is 1. The van der Waals surface area contributed by atoms with Crippen LogP contribution in [-0.2, 0) is 4.79 Å². The molecule has 1 amide bonds. The van der Waals surface area contributed by atoms with Gasteiger partial charge in [-0.05, 0) is 24.0 Å². The molecule has 2 atom stereocenters. The summed E-state index contributed by atoms with van der Waals surface area (Å²) < 4.78 is 13.8. The van der Waals surface area contributed by atoms with Gasteiger partial charge in [-0.3, -0.25) is 4.79 Å². The van der Waals surface area contributed by atoms with E-state index in [1.165, 1.54) is 6.07 Å². The van der Waals surface area contributed by atoms with Crippen LogP contribution < -0.4 is 4.90 Å². The molecule has 1 aliphatic heterocycles. The molecule has 2 heterocycles. The summed E-state index contributed by atoms with van der Waals surface area (Å²) in [4.78, 5) is 21.1. The number of benzene rings is 1. The fourth-order valence-electron chi connectivity index (χ4n) is 3.31. The molecule has 2 unspecified atom stereocenters. The zero-order valence-corrected chi connectivity index (χ0v) is 13.5. The number of halogens is 1. The van der Waals surface area contributed by atoms with E-state index in [2.05, 4.69) is 9.88 Å². The Bertz CT molecular complexity index is 698. The van der Waals surface area contributed by atoms with Gasteiger partial charge in [-0.15, -0.1) is 11.3 Å². The molecular weight excluding hydrogens is 313 g/mol. The minimum absolute atomic E-state index is 0.0432. The molecule has 4 nitrogen and oxygen atoms in total. The Balaban J connectivity index is 1.36. The van der Waals surface area contributed by atoms with Crippen molar-refractivity contribution in [1.29, 1.82) is 0 Å². The van der Waals surface area contributed by atoms with Crippen molar-refractivity contribution in [2.75, 3.05) is 31.1 Å². The molecule has 1 aromatic carbocycles. The zero-order valence-electron chi connectivity index (χ0n) is 12.7. The molecule has 6 heteroatoms. The van der Waals surface area contributed by atoms with Crippen molar-refractivity contribution in [3.63, 3.8) is 0 Å². The topological polar surface area (TPSA) is 36.4 Å². The zero-order chi connectivity index (χ0) is 15.8.